The van der Waals surface area contributed by atoms with Gasteiger partial charge in [-0.3, -0.25) is 4.79 Å². The third-order valence-corrected chi connectivity index (χ3v) is 2.91. The van der Waals surface area contributed by atoms with Crippen LogP contribution in [0.25, 0.3) is 0 Å². The van der Waals surface area contributed by atoms with E-state index < -0.39 is 6.10 Å². The molecular formula is C14H23NO4. The van der Waals surface area contributed by atoms with Crippen molar-refractivity contribution >= 4 is 5.97 Å². The largest absolute Gasteiger partial charge is 0.466 e. The molecule has 1 heterocycles. The Labute approximate surface area is 113 Å². The molecule has 0 bridgehead atoms. The van der Waals surface area contributed by atoms with Gasteiger partial charge in [0, 0.05) is 18.2 Å². The summed E-state index contributed by atoms with van der Waals surface area (Å²) in [5, 5.41) is 12.9. The fourth-order valence-electron chi connectivity index (χ4n) is 1.99. The first-order chi connectivity index (χ1) is 8.93. The molecule has 1 aromatic heterocycles. The van der Waals surface area contributed by atoms with Crippen LogP contribution in [0.1, 0.15) is 43.4 Å². The molecule has 1 aromatic rings. The Morgan fingerprint density at radius 1 is 1.53 bits per heavy atom. The van der Waals surface area contributed by atoms with Crippen molar-refractivity contribution in [3.05, 3.63) is 23.2 Å². The average Bonchev–Trinajstić information content (AvgIpc) is 2.65. The minimum atomic E-state index is -0.741. The maximum Gasteiger partial charge on any atom is 0.308 e. The zero-order valence-corrected chi connectivity index (χ0v) is 12.0. The zero-order valence-electron chi connectivity index (χ0n) is 12.0. The van der Waals surface area contributed by atoms with Crippen LogP contribution in [-0.4, -0.2) is 30.3 Å². The molecule has 0 aliphatic heterocycles. The van der Waals surface area contributed by atoms with Crippen LogP contribution < -0.4 is 5.32 Å². The predicted molar refractivity (Wildman–Crippen MR) is 71.9 cm³/mol. The highest BCUT2D eigenvalue weighted by molar-refractivity contribution is 5.69. The van der Waals surface area contributed by atoms with Crippen molar-refractivity contribution in [3.63, 3.8) is 0 Å². The summed E-state index contributed by atoms with van der Waals surface area (Å²) in [6, 6.07) is 2.04. The Kier molecular flexibility index (Phi) is 6.05. The number of furan rings is 1. The molecule has 5 nitrogen and oxygen atoms in total. The number of carbonyl (C=O) groups excluding carboxylic acids is 1. The molecule has 0 saturated heterocycles. The Bertz CT molecular complexity index is 414. The van der Waals surface area contributed by atoms with Crippen molar-refractivity contribution in [2.75, 3.05) is 13.2 Å². The van der Waals surface area contributed by atoms with Gasteiger partial charge in [0.2, 0.25) is 0 Å². The van der Waals surface area contributed by atoms with Gasteiger partial charge in [0.05, 0.1) is 19.1 Å². The normalized spacial score (nSPS) is 14.2. The standard InChI is InChI=1S/C14H23NO4/c1-5-18-14(17)7-12(16)8-15-10(3)13-6-9(2)19-11(13)4/h6,10,12,15-16H,5,7-8H2,1-4H3. The van der Waals surface area contributed by atoms with Gasteiger partial charge in [-0.05, 0) is 33.8 Å². The molecule has 0 aromatic carbocycles. The highest BCUT2D eigenvalue weighted by Crippen LogP contribution is 2.21. The summed E-state index contributed by atoms with van der Waals surface area (Å²) in [6.45, 7) is 8.23. The molecule has 19 heavy (non-hydrogen) atoms. The van der Waals surface area contributed by atoms with Crippen LogP contribution in [0, 0.1) is 13.8 Å². The van der Waals surface area contributed by atoms with Crippen LogP contribution in [-0.2, 0) is 9.53 Å². The first-order valence-corrected chi connectivity index (χ1v) is 6.58. The first-order valence-electron chi connectivity index (χ1n) is 6.58. The van der Waals surface area contributed by atoms with Crippen molar-refractivity contribution in [1.29, 1.82) is 0 Å². The van der Waals surface area contributed by atoms with E-state index in [9.17, 15) is 9.90 Å². The van der Waals surface area contributed by atoms with Gasteiger partial charge >= 0.3 is 5.97 Å². The van der Waals surface area contributed by atoms with E-state index in [1.54, 1.807) is 6.92 Å². The minimum absolute atomic E-state index is 0.0109. The first kappa shape index (κ1) is 15.7. The smallest absolute Gasteiger partial charge is 0.308 e. The van der Waals surface area contributed by atoms with Crippen LogP contribution in [0.4, 0.5) is 0 Å². The second-order valence-corrected chi connectivity index (χ2v) is 4.66. The summed E-state index contributed by atoms with van der Waals surface area (Å²) in [5.74, 6) is 1.37. The molecule has 0 aliphatic carbocycles. The lowest BCUT2D eigenvalue weighted by Crippen LogP contribution is -2.31. The number of ether oxygens (including phenoxy) is 1. The molecule has 0 fully saturated rings. The Morgan fingerprint density at radius 2 is 2.21 bits per heavy atom. The molecule has 108 valence electrons. The number of carbonyl (C=O) groups is 1. The van der Waals surface area contributed by atoms with Crippen molar-refractivity contribution in [1.82, 2.24) is 5.32 Å². The molecule has 2 unspecified atom stereocenters. The van der Waals surface area contributed by atoms with Crippen LogP contribution in [0.3, 0.4) is 0 Å². The lowest BCUT2D eigenvalue weighted by atomic mass is 10.1. The molecule has 2 N–H and O–H groups in total. The maximum absolute atomic E-state index is 11.2. The summed E-state index contributed by atoms with van der Waals surface area (Å²) in [5.41, 5.74) is 1.07. The predicted octanol–water partition coefficient (Wildman–Crippen LogP) is 1.86. The Balaban J connectivity index is 2.39. The van der Waals surface area contributed by atoms with E-state index >= 15 is 0 Å². The summed E-state index contributed by atoms with van der Waals surface area (Å²) < 4.78 is 10.2. The third-order valence-electron chi connectivity index (χ3n) is 2.91. The molecule has 2 atom stereocenters. The molecular weight excluding hydrogens is 246 g/mol. The fourth-order valence-corrected chi connectivity index (χ4v) is 1.99. The number of aryl methyl sites for hydroxylation is 2. The lowest BCUT2D eigenvalue weighted by molar-refractivity contribution is -0.145. The average molecular weight is 269 g/mol. The van der Waals surface area contributed by atoms with E-state index in [1.165, 1.54) is 0 Å². The monoisotopic (exact) mass is 269 g/mol. The number of rotatable bonds is 7. The summed E-state index contributed by atoms with van der Waals surface area (Å²) >= 11 is 0. The summed E-state index contributed by atoms with van der Waals surface area (Å²) in [6.07, 6.45) is -0.730. The second-order valence-electron chi connectivity index (χ2n) is 4.66. The maximum atomic E-state index is 11.2. The second kappa shape index (κ2) is 7.31. The summed E-state index contributed by atoms with van der Waals surface area (Å²) in [7, 11) is 0. The Morgan fingerprint density at radius 3 is 2.74 bits per heavy atom. The van der Waals surface area contributed by atoms with Gasteiger partial charge in [0.25, 0.3) is 0 Å². The minimum Gasteiger partial charge on any atom is -0.466 e. The zero-order chi connectivity index (χ0) is 14.4. The van der Waals surface area contributed by atoms with Gasteiger partial charge in [-0.15, -0.1) is 0 Å². The van der Waals surface area contributed by atoms with Gasteiger partial charge in [0.1, 0.15) is 11.5 Å². The molecule has 0 aliphatic rings. The van der Waals surface area contributed by atoms with Gasteiger partial charge in [-0.25, -0.2) is 0 Å². The number of aliphatic hydroxyl groups is 1. The SMILES string of the molecule is CCOC(=O)CC(O)CNC(C)c1cc(C)oc1C. The van der Waals surface area contributed by atoms with Gasteiger partial charge in [-0.2, -0.15) is 0 Å². The van der Waals surface area contributed by atoms with Crippen molar-refractivity contribution in [3.8, 4) is 0 Å². The molecule has 5 heteroatoms. The quantitative estimate of drug-likeness (QED) is 0.739. The van der Waals surface area contributed by atoms with E-state index in [2.05, 4.69) is 5.32 Å². The highest BCUT2D eigenvalue weighted by atomic mass is 16.5. The van der Waals surface area contributed by atoms with Gasteiger partial charge < -0.3 is 19.6 Å². The van der Waals surface area contributed by atoms with Gasteiger partial charge in [-0.1, -0.05) is 0 Å². The van der Waals surface area contributed by atoms with Crippen LogP contribution >= 0.6 is 0 Å². The van der Waals surface area contributed by atoms with E-state index in [4.69, 9.17) is 9.15 Å². The topological polar surface area (TPSA) is 71.7 Å². The fraction of sp³-hybridized carbons (Fsp3) is 0.643. The molecule has 0 spiro atoms. The number of hydrogen-bond donors (Lipinski definition) is 2. The number of esters is 1. The number of aliphatic hydroxyl groups excluding tert-OH is 1. The molecule has 1 rings (SSSR count). The van der Waals surface area contributed by atoms with E-state index in [0.29, 0.717) is 13.2 Å². The number of nitrogens with one attached hydrogen (secondary N) is 1. The van der Waals surface area contributed by atoms with E-state index in [0.717, 1.165) is 17.1 Å². The molecule has 0 amide bonds. The van der Waals surface area contributed by atoms with Crippen molar-refractivity contribution in [2.24, 2.45) is 0 Å². The van der Waals surface area contributed by atoms with E-state index in [1.807, 2.05) is 26.8 Å². The Hall–Kier alpha value is -1.33. The van der Waals surface area contributed by atoms with Crippen molar-refractivity contribution < 1.29 is 19.1 Å². The highest BCUT2D eigenvalue weighted by Gasteiger charge is 2.16. The van der Waals surface area contributed by atoms with Crippen LogP contribution in [0.15, 0.2) is 10.5 Å². The van der Waals surface area contributed by atoms with E-state index in [-0.39, 0.29) is 18.4 Å². The lowest BCUT2D eigenvalue weighted by Gasteiger charge is -2.16. The van der Waals surface area contributed by atoms with Crippen LogP contribution in [0.5, 0.6) is 0 Å². The number of hydrogen-bond acceptors (Lipinski definition) is 5. The molecule has 0 saturated carbocycles. The summed E-state index contributed by atoms with van der Waals surface area (Å²) in [4.78, 5) is 11.2. The van der Waals surface area contributed by atoms with Gasteiger partial charge in [0.15, 0.2) is 0 Å². The van der Waals surface area contributed by atoms with Crippen LogP contribution in [0.2, 0.25) is 0 Å². The third kappa shape index (κ3) is 5.04. The molecule has 0 radical (unpaired) electrons. The van der Waals surface area contributed by atoms with Crippen molar-refractivity contribution in [2.45, 2.75) is 46.3 Å².